The van der Waals surface area contributed by atoms with Gasteiger partial charge in [-0.2, -0.15) is 13.2 Å². The van der Waals surface area contributed by atoms with Gasteiger partial charge in [0.15, 0.2) is 0 Å². The molecule has 1 aromatic carbocycles. The summed E-state index contributed by atoms with van der Waals surface area (Å²) in [6, 6.07) is 4.96. The first kappa shape index (κ1) is 17.5. The smallest absolute Gasteiger partial charge is 0.416 e. The van der Waals surface area contributed by atoms with E-state index in [1.165, 1.54) is 23.5 Å². The van der Waals surface area contributed by atoms with E-state index in [2.05, 4.69) is 4.98 Å². The van der Waals surface area contributed by atoms with Gasteiger partial charge in [0.1, 0.15) is 5.01 Å². The summed E-state index contributed by atoms with van der Waals surface area (Å²) < 4.78 is 37.7. The Morgan fingerprint density at radius 1 is 1.22 bits per heavy atom. The molecule has 3 nitrogen and oxygen atoms in total. The number of alkyl halides is 3. The molecule has 0 saturated heterocycles. The summed E-state index contributed by atoms with van der Waals surface area (Å²) in [6.07, 6.45) is -2.11. The maximum atomic E-state index is 12.6. The Morgan fingerprint density at radius 2 is 1.87 bits per heavy atom. The first-order valence-corrected chi connectivity index (χ1v) is 7.95. The highest BCUT2D eigenvalue weighted by atomic mass is 32.1. The number of nitrogens with zero attached hydrogens (tertiary/aromatic N) is 1. The van der Waals surface area contributed by atoms with Crippen LogP contribution in [0.2, 0.25) is 0 Å². The average molecular weight is 343 g/mol. The Labute approximate surface area is 135 Å². The monoisotopic (exact) mass is 343 g/mol. The Kier molecular flexibility index (Phi) is 5.41. The number of benzene rings is 1. The predicted octanol–water partition coefficient (Wildman–Crippen LogP) is 4.93. The lowest BCUT2D eigenvalue weighted by molar-refractivity contribution is -0.138. The third-order valence-corrected chi connectivity index (χ3v) is 4.66. The standard InChI is InChI=1S/C16H16F3NO2S/c1-10-13(4-2-3-5-14(21)22)23-15(20-10)11-6-8-12(9-7-11)16(17,18)19/h6-9H,2-5H2,1H3,(H,21,22). The molecule has 0 aliphatic rings. The molecule has 1 aromatic heterocycles. The van der Waals surface area contributed by atoms with E-state index in [4.69, 9.17) is 5.11 Å². The molecule has 0 aliphatic carbocycles. The number of rotatable bonds is 6. The van der Waals surface area contributed by atoms with Gasteiger partial charge in [-0.05, 0) is 38.3 Å². The van der Waals surface area contributed by atoms with Gasteiger partial charge >= 0.3 is 12.1 Å². The molecule has 0 aliphatic heterocycles. The maximum Gasteiger partial charge on any atom is 0.416 e. The van der Waals surface area contributed by atoms with Crippen molar-refractivity contribution >= 4 is 17.3 Å². The van der Waals surface area contributed by atoms with Gasteiger partial charge in [0.2, 0.25) is 0 Å². The van der Waals surface area contributed by atoms with Gasteiger partial charge in [0, 0.05) is 16.9 Å². The quantitative estimate of drug-likeness (QED) is 0.756. The molecule has 23 heavy (non-hydrogen) atoms. The van der Waals surface area contributed by atoms with Crippen LogP contribution in [0.1, 0.15) is 35.4 Å². The molecule has 7 heteroatoms. The van der Waals surface area contributed by atoms with E-state index in [1.54, 1.807) is 0 Å². The molecule has 2 aromatic rings. The summed E-state index contributed by atoms with van der Waals surface area (Å²) in [5, 5.41) is 9.29. The first-order valence-electron chi connectivity index (χ1n) is 7.13. The number of hydrogen-bond acceptors (Lipinski definition) is 3. The highest BCUT2D eigenvalue weighted by molar-refractivity contribution is 7.15. The molecule has 0 spiro atoms. The summed E-state index contributed by atoms with van der Waals surface area (Å²) in [7, 11) is 0. The molecule has 2 rings (SSSR count). The summed E-state index contributed by atoms with van der Waals surface area (Å²) >= 11 is 1.44. The highest BCUT2D eigenvalue weighted by Crippen LogP contribution is 2.33. The van der Waals surface area contributed by atoms with Gasteiger partial charge in [0.05, 0.1) is 11.3 Å². The lowest BCUT2D eigenvalue weighted by Gasteiger charge is -2.06. The van der Waals surface area contributed by atoms with Crippen LogP contribution in [0.15, 0.2) is 24.3 Å². The van der Waals surface area contributed by atoms with Crippen LogP contribution in [0.3, 0.4) is 0 Å². The summed E-state index contributed by atoms with van der Waals surface area (Å²) in [6.45, 7) is 1.86. The SMILES string of the molecule is Cc1nc(-c2ccc(C(F)(F)F)cc2)sc1CCCCC(=O)O. The second kappa shape index (κ2) is 7.12. The van der Waals surface area contributed by atoms with Gasteiger partial charge in [-0.3, -0.25) is 4.79 Å². The van der Waals surface area contributed by atoms with E-state index in [9.17, 15) is 18.0 Å². The van der Waals surface area contributed by atoms with Crippen LogP contribution in [-0.4, -0.2) is 16.1 Å². The van der Waals surface area contributed by atoms with Crippen molar-refractivity contribution in [2.75, 3.05) is 0 Å². The molecular weight excluding hydrogens is 327 g/mol. The molecule has 1 heterocycles. The number of carboxylic acid groups (broad SMARTS) is 1. The zero-order valence-electron chi connectivity index (χ0n) is 12.5. The van der Waals surface area contributed by atoms with E-state index in [0.717, 1.165) is 35.5 Å². The van der Waals surface area contributed by atoms with E-state index < -0.39 is 17.7 Å². The fourth-order valence-electron chi connectivity index (χ4n) is 2.15. The van der Waals surface area contributed by atoms with Crippen LogP contribution >= 0.6 is 11.3 Å². The van der Waals surface area contributed by atoms with Crippen molar-refractivity contribution in [2.45, 2.75) is 38.8 Å². The Balaban J connectivity index is 2.06. The van der Waals surface area contributed by atoms with Crippen molar-refractivity contribution in [3.05, 3.63) is 40.4 Å². The molecular formula is C16H16F3NO2S. The average Bonchev–Trinajstić information content (AvgIpc) is 2.84. The summed E-state index contributed by atoms with van der Waals surface area (Å²) in [5.41, 5.74) is 0.825. The Bertz CT molecular complexity index is 678. The van der Waals surface area contributed by atoms with Crippen molar-refractivity contribution in [1.82, 2.24) is 4.98 Å². The summed E-state index contributed by atoms with van der Waals surface area (Å²) in [5.74, 6) is -0.809. The van der Waals surface area contributed by atoms with E-state index in [0.29, 0.717) is 17.0 Å². The Morgan fingerprint density at radius 3 is 2.43 bits per heavy atom. The molecule has 0 saturated carbocycles. The molecule has 0 atom stereocenters. The minimum atomic E-state index is -4.34. The fourth-order valence-corrected chi connectivity index (χ4v) is 3.26. The van der Waals surface area contributed by atoms with E-state index in [1.807, 2.05) is 6.92 Å². The normalized spacial score (nSPS) is 11.7. The summed E-state index contributed by atoms with van der Waals surface area (Å²) in [4.78, 5) is 15.9. The van der Waals surface area contributed by atoms with Gasteiger partial charge in [-0.25, -0.2) is 4.98 Å². The van der Waals surface area contributed by atoms with E-state index in [-0.39, 0.29) is 6.42 Å². The van der Waals surface area contributed by atoms with E-state index >= 15 is 0 Å². The third kappa shape index (κ3) is 4.79. The topological polar surface area (TPSA) is 50.2 Å². The van der Waals surface area contributed by atoms with Crippen molar-refractivity contribution in [3.8, 4) is 10.6 Å². The first-order chi connectivity index (χ1) is 10.8. The zero-order chi connectivity index (χ0) is 17.0. The number of unbranched alkanes of at least 4 members (excludes halogenated alkanes) is 1. The van der Waals surface area contributed by atoms with Crippen LogP contribution in [0, 0.1) is 6.92 Å². The zero-order valence-corrected chi connectivity index (χ0v) is 13.3. The largest absolute Gasteiger partial charge is 0.481 e. The molecule has 0 bridgehead atoms. The van der Waals surface area contributed by atoms with Gasteiger partial charge < -0.3 is 5.11 Å². The lowest BCUT2D eigenvalue weighted by atomic mass is 10.1. The number of carbonyl (C=O) groups is 1. The van der Waals surface area contributed by atoms with Crippen LogP contribution in [0.25, 0.3) is 10.6 Å². The Hall–Kier alpha value is -1.89. The highest BCUT2D eigenvalue weighted by Gasteiger charge is 2.30. The number of aliphatic carboxylic acids is 1. The predicted molar refractivity (Wildman–Crippen MR) is 82.5 cm³/mol. The molecule has 1 N–H and O–H groups in total. The van der Waals surface area contributed by atoms with Crippen molar-refractivity contribution in [3.63, 3.8) is 0 Å². The fraction of sp³-hybridized carbons (Fsp3) is 0.375. The molecule has 0 radical (unpaired) electrons. The second-order valence-corrected chi connectivity index (χ2v) is 6.29. The van der Waals surface area contributed by atoms with Crippen LogP contribution in [0.4, 0.5) is 13.2 Å². The number of hydrogen-bond donors (Lipinski definition) is 1. The lowest BCUT2D eigenvalue weighted by Crippen LogP contribution is -2.03. The van der Waals surface area contributed by atoms with Crippen LogP contribution < -0.4 is 0 Å². The van der Waals surface area contributed by atoms with Gasteiger partial charge in [-0.15, -0.1) is 11.3 Å². The van der Waals surface area contributed by atoms with Crippen molar-refractivity contribution in [2.24, 2.45) is 0 Å². The van der Waals surface area contributed by atoms with Gasteiger partial charge in [-0.1, -0.05) is 12.1 Å². The minimum absolute atomic E-state index is 0.142. The number of thiazole rings is 1. The van der Waals surface area contributed by atoms with Crippen LogP contribution in [-0.2, 0) is 17.4 Å². The number of halogens is 3. The van der Waals surface area contributed by atoms with Gasteiger partial charge in [0.25, 0.3) is 0 Å². The molecule has 0 unspecified atom stereocenters. The molecule has 0 amide bonds. The molecule has 0 fully saturated rings. The number of aryl methyl sites for hydroxylation is 2. The minimum Gasteiger partial charge on any atom is -0.481 e. The van der Waals surface area contributed by atoms with Crippen LogP contribution in [0.5, 0.6) is 0 Å². The van der Waals surface area contributed by atoms with Crippen molar-refractivity contribution in [1.29, 1.82) is 0 Å². The second-order valence-electron chi connectivity index (χ2n) is 5.20. The maximum absolute atomic E-state index is 12.6. The van der Waals surface area contributed by atoms with Crippen molar-refractivity contribution < 1.29 is 23.1 Å². The number of carboxylic acids is 1. The third-order valence-electron chi connectivity index (χ3n) is 3.40. The number of aromatic nitrogens is 1. The molecule has 124 valence electrons.